The third-order valence-electron chi connectivity index (χ3n) is 4.72. The summed E-state index contributed by atoms with van der Waals surface area (Å²) in [6.45, 7) is 2.42. The van der Waals surface area contributed by atoms with Crippen molar-refractivity contribution in [3.8, 4) is 11.8 Å². The number of hydrogen-bond donors (Lipinski definition) is 1. The number of carbonyl (C=O) groups is 1. The van der Waals surface area contributed by atoms with Gasteiger partial charge in [-0.2, -0.15) is 15.0 Å². The molecule has 0 saturated carbocycles. The van der Waals surface area contributed by atoms with E-state index in [1.807, 2.05) is 61.5 Å². The number of benzene rings is 2. The fourth-order valence-electron chi connectivity index (χ4n) is 3.32. The summed E-state index contributed by atoms with van der Waals surface area (Å²) in [6, 6.07) is 19.4. The highest BCUT2D eigenvalue weighted by molar-refractivity contribution is 5.91. The number of carbonyl (C=O) groups excluding carboxylic acids is 1. The van der Waals surface area contributed by atoms with Crippen molar-refractivity contribution < 1.29 is 9.53 Å². The van der Waals surface area contributed by atoms with Gasteiger partial charge in [-0.3, -0.25) is 4.79 Å². The lowest BCUT2D eigenvalue weighted by Crippen LogP contribution is -2.40. The first kappa shape index (κ1) is 16.9. The molecule has 1 aromatic heterocycles. The molecule has 6 heteroatoms. The van der Waals surface area contributed by atoms with Crippen molar-refractivity contribution in [1.29, 1.82) is 5.26 Å². The van der Waals surface area contributed by atoms with Crippen LogP contribution in [0.2, 0.25) is 0 Å². The maximum Gasteiger partial charge on any atom is 0.258 e. The van der Waals surface area contributed by atoms with E-state index in [2.05, 4.69) is 16.5 Å². The van der Waals surface area contributed by atoms with Crippen LogP contribution in [0.3, 0.4) is 0 Å². The molecule has 2 unspecified atom stereocenters. The second-order valence-corrected chi connectivity index (χ2v) is 6.52. The maximum absolute atomic E-state index is 12.9. The van der Waals surface area contributed by atoms with E-state index in [1.165, 1.54) is 10.9 Å². The lowest BCUT2D eigenvalue weighted by molar-refractivity contribution is 0.0845. The number of anilines is 1. The van der Waals surface area contributed by atoms with Crippen molar-refractivity contribution in [1.82, 2.24) is 9.78 Å². The first-order valence-electron chi connectivity index (χ1n) is 8.73. The van der Waals surface area contributed by atoms with Gasteiger partial charge in [0.2, 0.25) is 0 Å². The third-order valence-corrected chi connectivity index (χ3v) is 4.72. The van der Waals surface area contributed by atoms with Crippen LogP contribution in [0, 0.1) is 11.3 Å². The van der Waals surface area contributed by atoms with Gasteiger partial charge in [0.05, 0.1) is 12.1 Å². The summed E-state index contributed by atoms with van der Waals surface area (Å²) in [7, 11) is 0. The fourth-order valence-corrected chi connectivity index (χ4v) is 3.32. The Kier molecular flexibility index (Phi) is 4.35. The number of aromatic nitrogens is 2. The first-order chi connectivity index (χ1) is 13.2. The molecular weight excluding hydrogens is 340 g/mol. The van der Waals surface area contributed by atoms with Gasteiger partial charge >= 0.3 is 0 Å². The zero-order chi connectivity index (χ0) is 18.8. The minimum atomic E-state index is -0.382. The summed E-state index contributed by atoms with van der Waals surface area (Å²) >= 11 is 0. The van der Waals surface area contributed by atoms with Crippen LogP contribution in [0.25, 0.3) is 0 Å². The van der Waals surface area contributed by atoms with Crippen LogP contribution in [0.1, 0.15) is 34.3 Å². The number of nitriles is 1. The molecule has 0 fully saturated rings. The summed E-state index contributed by atoms with van der Waals surface area (Å²) in [4.78, 5) is 12.9. The molecule has 0 radical (unpaired) electrons. The van der Waals surface area contributed by atoms with Gasteiger partial charge in [-0.05, 0) is 30.2 Å². The number of nitrogens with zero attached hydrogens (tertiary/aromatic N) is 3. The Bertz CT molecular complexity index is 1000. The Balaban J connectivity index is 1.52. The van der Waals surface area contributed by atoms with Gasteiger partial charge in [0, 0.05) is 6.04 Å². The van der Waals surface area contributed by atoms with Crippen molar-refractivity contribution in [3.05, 3.63) is 77.5 Å². The van der Waals surface area contributed by atoms with Gasteiger partial charge in [0.15, 0.2) is 5.82 Å². The van der Waals surface area contributed by atoms with Crippen molar-refractivity contribution in [2.24, 2.45) is 0 Å². The van der Waals surface area contributed by atoms with Crippen LogP contribution < -0.4 is 10.1 Å². The minimum absolute atomic E-state index is 0.143. The van der Waals surface area contributed by atoms with Crippen molar-refractivity contribution >= 4 is 11.7 Å². The monoisotopic (exact) mass is 358 g/mol. The molecule has 1 N–H and O–H groups in total. The van der Waals surface area contributed by atoms with Crippen LogP contribution in [0.5, 0.6) is 5.75 Å². The van der Waals surface area contributed by atoms with Crippen molar-refractivity contribution in [3.63, 3.8) is 0 Å². The number of fused-ring (bicyclic) bond motifs is 1. The van der Waals surface area contributed by atoms with Gasteiger partial charge in [0.25, 0.3) is 5.91 Å². The number of ether oxygens (including phenoxy) is 1. The molecule has 2 aromatic carbocycles. The maximum atomic E-state index is 12.9. The first-order valence-corrected chi connectivity index (χ1v) is 8.73. The van der Waals surface area contributed by atoms with E-state index in [-0.39, 0.29) is 17.9 Å². The predicted molar refractivity (Wildman–Crippen MR) is 101 cm³/mol. The summed E-state index contributed by atoms with van der Waals surface area (Å²) in [5.74, 6) is 0.690. The number of rotatable bonds is 4. The largest absolute Gasteiger partial charge is 0.489 e. The van der Waals surface area contributed by atoms with Gasteiger partial charge in [-0.1, -0.05) is 42.5 Å². The standard InChI is InChI=1S/C21H18N4O2/c1-14-19(21(26)25-20(24-14)17(11-22)12-23-25)16-7-9-18(10-8-16)27-13-15-5-3-2-4-6-15/h2-10,12,14,19,24H,13H2,1H3. The van der Waals surface area contributed by atoms with Gasteiger partial charge in [0.1, 0.15) is 24.0 Å². The predicted octanol–water partition coefficient (Wildman–Crippen LogP) is 3.57. The van der Waals surface area contributed by atoms with Gasteiger partial charge in [-0.25, -0.2) is 0 Å². The zero-order valence-electron chi connectivity index (χ0n) is 14.8. The Hall–Kier alpha value is -3.59. The molecule has 0 spiro atoms. The zero-order valence-corrected chi connectivity index (χ0v) is 14.8. The molecule has 0 saturated heterocycles. The molecule has 2 heterocycles. The normalized spacial score (nSPS) is 18.3. The highest BCUT2D eigenvalue weighted by atomic mass is 16.5. The smallest absolute Gasteiger partial charge is 0.258 e. The van der Waals surface area contributed by atoms with Crippen LogP contribution >= 0.6 is 0 Å². The highest BCUT2D eigenvalue weighted by Crippen LogP contribution is 2.32. The van der Waals surface area contributed by atoms with Crippen molar-refractivity contribution in [2.75, 3.05) is 5.32 Å². The molecule has 1 aliphatic rings. The lowest BCUT2D eigenvalue weighted by atomic mass is 9.90. The minimum Gasteiger partial charge on any atom is -0.489 e. The topological polar surface area (TPSA) is 79.9 Å². The van der Waals surface area contributed by atoms with E-state index in [4.69, 9.17) is 10.00 Å². The fraction of sp³-hybridized carbons (Fsp3) is 0.190. The van der Waals surface area contributed by atoms with E-state index in [9.17, 15) is 4.79 Å². The quantitative estimate of drug-likeness (QED) is 0.771. The second-order valence-electron chi connectivity index (χ2n) is 6.52. The molecule has 0 bridgehead atoms. The van der Waals surface area contributed by atoms with E-state index in [1.54, 1.807) is 0 Å². The van der Waals surface area contributed by atoms with Crippen LogP contribution in [-0.2, 0) is 6.61 Å². The molecule has 27 heavy (non-hydrogen) atoms. The lowest BCUT2D eigenvalue weighted by Gasteiger charge is -2.30. The SMILES string of the molecule is CC1Nc2c(C#N)cnn2C(=O)C1c1ccc(OCc2ccccc2)cc1. The molecule has 0 aliphatic carbocycles. The van der Waals surface area contributed by atoms with Crippen molar-refractivity contribution in [2.45, 2.75) is 25.5 Å². The highest BCUT2D eigenvalue weighted by Gasteiger charge is 2.36. The summed E-state index contributed by atoms with van der Waals surface area (Å²) in [6.07, 6.45) is 1.41. The Morgan fingerprint density at radius 1 is 1.19 bits per heavy atom. The van der Waals surface area contributed by atoms with Crippen LogP contribution in [-0.4, -0.2) is 21.7 Å². The number of hydrogen-bond acceptors (Lipinski definition) is 5. The molecule has 4 rings (SSSR count). The molecular formula is C21H18N4O2. The molecule has 2 atom stereocenters. The molecule has 0 amide bonds. The molecule has 3 aromatic rings. The van der Waals surface area contributed by atoms with Crippen LogP contribution in [0.4, 0.5) is 5.82 Å². The van der Waals surface area contributed by atoms with Gasteiger partial charge in [-0.15, -0.1) is 0 Å². The molecule has 1 aliphatic heterocycles. The Morgan fingerprint density at radius 2 is 1.93 bits per heavy atom. The number of nitrogens with one attached hydrogen (secondary N) is 1. The Labute approximate surface area is 157 Å². The van der Waals surface area contributed by atoms with Gasteiger partial charge < -0.3 is 10.1 Å². The summed E-state index contributed by atoms with van der Waals surface area (Å²) in [5.41, 5.74) is 2.35. The molecule has 134 valence electrons. The third kappa shape index (κ3) is 3.15. The Morgan fingerprint density at radius 3 is 2.63 bits per heavy atom. The second kappa shape index (κ2) is 6.96. The van der Waals surface area contributed by atoms with E-state index < -0.39 is 0 Å². The summed E-state index contributed by atoms with van der Waals surface area (Å²) in [5, 5.41) is 16.4. The van der Waals surface area contributed by atoms with E-state index in [0.717, 1.165) is 16.9 Å². The molecule has 6 nitrogen and oxygen atoms in total. The average molecular weight is 358 g/mol. The van der Waals surface area contributed by atoms with Crippen LogP contribution in [0.15, 0.2) is 60.8 Å². The summed E-state index contributed by atoms with van der Waals surface area (Å²) < 4.78 is 7.09. The van der Waals surface area contributed by atoms with E-state index in [0.29, 0.717) is 18.0 Å². The van der Waals surface area contributed by atoms with E-state index >= 15 is 0 Å². The average Bonchev–Trinajstić information content (AvgIpc) is 3.11.